The Balaban J connectivity index is 1.66. The van der Waals surface area contributed by atoms with Gasteiger partial charge in [0.25, 0.3) is 0 Å². The zero-order chi connectivity index (χ0) is 13.2. The van der Waals surface area contributed by atoms with Crippen LogP contribution in [0.4, 0.5) is 4.79 Å². The van der Waals surface area contributed by atoms with E-state index in [9.17, 15) is 4.79 Å². The second-order valence-electron chi connectivity index (χ2n) is 4.90. The van der Waals surface area contributed by atoms with Crippen LogP contribution in [0.25, 0.3) is 0 Å². The second kappa shape index (κ2) is 4.90. The van der Waals surface area contributed by atoms with Gasteiger partial charge in [0, 0.05) is 6.54 Å². The molecule has 1 aromatic rings. The Morgan fingerprint density at radius 2 is 2.11 bits per heavy atom. The number of fused-ring (bicyclic) bond motifs is 2. The molecule has 0 spiro atoms. The van der Waals surface area contributed by atoms with Crippen molar-refractivity contribution >= 4 is 6.03 Å². The maximum atomic E-state index is 12.2. The van der Waals surface area contributed by atoms with E-state index >= 15 is 0 Å². The standard InChI is InChI=1S/C14H15N3O2/c15-8-12-6-7-13-9-16(12)14(18)17(13)19-10-11-4-2-1-3-5-11/h1-5,12-13H,6-7,9-10H2/t12-,13?/m0/s1. The van der Waals surface area contributed by atoms with Gasteiger partial charge in [0.1, 0.15) is 12.6 Å². The maximum Gasteiger partial charge on any atom is 0.345 e. The molecule has 0 N–H and O–H groups in total. The highest BCUT2D eigenvalue weighted by molar-refractivity contribution is 5.77. The van der Waals surface area contributed by atoms with E-state index in [1.54, 1.807) is 4.90 Å². The van der Waals surface area contributed by atoms with Crippen LogP contribution in [0.5, 0.6) is 0 Å². The van der Waals surface area contributed by atoms with Crippen molar-refractivity contribution in [1.29, 1.82) is 5.26 Å². The largest absolute Gasteiger partial charge is 0.345 e. The van der Waals surface area contributed by atoms with E-state index in [1.165, 1.54) is 5.06 Å². The lowest BCUT2D eigenvalue weighted by Gasteiger charge is -2.25. The van der Waals surface area contributed by atoms with Gasteiger partial charge in [-0.15, -0.1) is 0 Å². The number of amides is 2. The number of hydrogen-bond donors (Lipinski definition) is 0. The SMILES string of the molecule is N#C[C@@H]1CCC2CN1C(=O)N2OCc1ccccc1. The molecule has 5 heteroatoms. The number of hydroxylamine groups is 2. The van der Waals surface area contributed by atoms with Crippen LogP contribution in [-0.4, -0.2) is 34.6 Å². The summed E-state index contributed by atoms with van der Waals surface area (Å²) in [5.41, 5.74) is 1.03. The Kier molecular flexibility index (Phi) is 3.10. The Hall–Kier alpha value is -2.06. The minimum Gasteiger partial charge on any atom is -0.305 e. The summed E-state index contributed by atoms with van der Waals surface area (Å²) in [6, 6.07) is 11.5. The summed E-state index contributed by atoms with van der Waals surface area (Å²) in [7, 11) is 0. The van der Waals surface area contributed by atoms with Crippen molar-refractivity contribution in [2.45, 2.75) is 31.5 Å². The smallest absolute Gasteiger partial charge is 0.305 e. The predicted octanol–water partition coefficient (Wildman–Crippen LogP) is 1.91. The van der Waals surface area contributed by atoms with Gasteiger partial charge >= 0.3 is 6.03 Å². The van der Waals surface area contributed by atoms with Crippen molar-refractivity contribution in [1.82, 2.24) is 9.96 Å². The average molecular weight is 257 g/mol. The molecule has 2 aliphatic rings. The summed E-state index contributed by atoms with van der Waals surface area (Å²) in [5, 5.41) is 10.5. The number of hydrogen-bond acceptors (Lipinski definition) is 3. The summed E-state index contributed by atoms with van der Waals surface area (Å²) < 4.78 is 0. The molecule has 1 aromatic carbocycles. The topological polar surface area (TPSA) is 56.6 Å². The molecule has 0 aliphatic carbocycles. The van der Waals surface area contributed by atoms with Crippen molar-refractivity contribution in [2.24, 2.45) is 0 Å². The molecular weight excluding hydrogens is 242 g/mol. The molecule has 2 atom stereocenters. The van der Waals surface area contributed by atoms with Crippen LogP contribution in [0.3, 0.4) is 0 Å². The molecule has 2 heterocycles. The number of carbonyl (C=O) groups is 1. The molecule has 2 fully saturated rings. The van der Waals surface area contributed by atoms with Crippen LogP contribution in [0.2, 0.25) is 0 Å². The molecule has 5 nitrogen and oxygen atoms in total. The number of benzene rings is 1. The molecule has 2 bridgehead atoms. The number of urea groups is 1. The van der Waals surface area contributed by atoms with Crippen LogP contribution in [0.15, 0.2) is 30.3 Å². The molecular formula is C14H15N3O2. The van der Waals surface area contributed by atoms with E-state index in [4.69, 9.17) is 10.1 Å². The van der Waals surface area contributed by atoms with Crippen LogP contribution in [0.1, 0.15) is 18.4 Å². The van der Waals surface area contributed by atoms with Gasteiger partial charge in [0.05, 0.1) is 12.1 Å². The molecule has 0 aromatic heterocycles. The highest BCUT2D eigenvalue weighted by Gasteiger charge is 2.45. The first-order valence-electron chi connectivity index (χ1n) is 6.46. The lowest BCUT2D eigenvalue weighted by molar-refractivity contribution is -0.140. The zero-order valence-corrected chi connectivity index (χ0v) is 10.5. The fourth-order valence-electron chi connectivity index (χ4n) is 2.65. The summed E-state index contributed by atoms with van der Waals surface area (Å²) >= 11 is 0. The lowest BCUT2D eigenvalue weighted by atomic mass is 10.0. The first-order chi connectivity index (χ1) is 9.29. The summed E-state index contributed by atoms with van der Waals surface area (Å²) in [6.07, 6.45) is 1.56. The molecule has 3 rings (SSSR count). The molecule has 2 aliphatic heterocycles. The van der Waals surface area contributed by atoms with E-state index in [0.717, 1.165) is 18.4 Å². The maximum absolute atomic E-state index is 12.2. The van der Waals surface area contributed by atoms with Gasteiger partial charge in [-0.3, -0.25) is 4.84 Å². The number of rotatable bonds is 3. The van der Waals surface area contributed by atoms with E-state index in [1.807, 2.05) is 30.3 Å². The second-order valence-corrected chi connectivity index (χ2v) is 4.90. The quantitative estimate of drug-likeness (QED) is 0.831. The molecule has 2 amide bonds. The van der Waals surface area contributed by atoms with E-state index < -0.39 is 0 Å². The summed E-state index contributed by atoms with van der Waals surface area (Å²) in [5.74, 6) is 0. The highest BCUT2D eigenvalue weighted by atomic mass is 16.7. The van der Waals surface area contributed by atoms with E-state index in [0.29, 0.717) is 13.2 Å². The highest BCUT2D eigenvalue weighted by Crippen LogP contribution is 2.29. The van der Waals surface area contributed by atoms with E-state index in [2.05, 4.69) is 6.07 Å². The molecule has 0 radical (unpaired) electrons. The number of carbonyl (C=O) groups excluding carboxylic acids is 1. The Labute approximate surface area is 111 Å². The van der Waals surface area contributed by atoms with Gasteiger partial charge in [-0.1, -0.05) is 30.3 Å². The molecule has 2 saturated heterocycles. The Bertz CT molecular complexity index is 511. The van der Waals surface area contributed by atoms with Crippen molar-refractivity contribution < 1.29 is 9.63 Å². The third kappa shape index (κ3) is 2.15. The minimum absolute atomic E-state index is 0.0841. The van der Waals surface area contributed by atoms with Gasteiger partial charge < -0.3 is 4.90 Å². The van der Waals surface area contributed by atoms with Crippen LogP contribution >= 0.6 is 0 Å². The van der Waals surface area contributed by atoms with Crippen molar-refractivity contribution in [3.63, 3.8) is 0 Å². The summed E-state index contributed by atoms with van der Waals surface area (Å²) in [6.45, 7) is 0.986. The Morgan fingerprint density at radius 3 is 2.84 bits per heavy atom. The third-order valence-electron chi connectivity index (χ3n) is 3.69. The number of nitrogens with zero attached hydrogens (tertiary/aromatic N) is 3. The van der Waals surface area contributed by atoms with Gasteiger partial charge in [-0.2, -0.15) is 10.3 Å². The lowest BCUT2D eigenvalue weighted by Crippen LogP contribution is -2.38. The van der Waals surface area contributed by atoms with Crippen molar-refractivity contribution in [3.8, 4) is 6.07 Å². The van der Waals surface area contributed by atoms with Crippen LogP contribution in [0, 0.1) is 11.3 Å². The first kappa shape index (κ1) is 12.0. The van der Waals surface area contributed by atoms with Gasteiger partial charge in [0.2, 0.25) is 0 Å². The first-order valence-corrected chi connectivity index (χ1v) is 6.46. The van der Waals surface area contributed by atoms with Gasteiger partial charge in [0.15, 0.2) is 0 Å². The number of nitriles is 1. The average Bonchev–Trinajstić information content (AvgIpc) is 2.71. The summed E-state index contributed by atoms with van der Waals surface area (Å²) in [4.78, 5) is 19.4. The molecule has 19 heavy (non-hydrogen) atoms. The normalized spacial score (nSPS) is 25.5. The predicted molar refractivity (Wildman–Crippen MR) is 67.6 cm³/mol. The minimum atomic E-state index is -0.297. The Morgan fingerprint density at radius 1 is 1.32 bits per heavy atom. The fourth-order valence-corrected chi connectivity index (χ4v) is 2.65. The van der Waals surface area contributed by atoms with Gasteiger partial charge in [-0.05, 0) is 18.4 Å². The van der Waals surface area contributed by atoms with Crippen molar-refractivity contribution in [3.05, 3.63) is 35.9 Å². The molecule has 1 unspecified atom stereocenters. The fraction of sp³-hybridized carbons (Fsp3) is 0.429. The van der Waals surface area contributed by atoms with Crippen LogP contribution < -0.4 is 0 Å². The monoisotopic (exact) mass is 257 g/mol. The number of piperidine rings is 1. The van der Waals surface area contributed by atoms with Gasteiger partial charge in [-0.25, -0.2) is 4.79 Å². The molecule has 98 valence electrons. The zero-order valence-electron chi connectivity index (χ0n) is 10.5. The van der Waals surface area contributed by atoms with E-state index in [-0.39, 0.29) is 18.1 Å². The van der Waals surface area contributed by atoms with Crippen LogP contribution in [-0.2, 0) is 11.4 Å². The van der Waals surface area contributed by atoms with Crippen molar-refractivity contribution in [2.75, 3.05) is 6.54 Å². The third-order valence-corrected chi connectivity index (χ3v) is 3.69. The molecule has 0 saturated carbocycles.